The summed E-state index contributed by atoms with van der Waals surface area (Å²) in [6.45, 7) is 4.07. The van der Waals surface area contributed by atoms with Crippen LogP contribution in [-0.2, 0) is 4.79 Å². The maximum Gasteiger partial charge on any atom is 0.321 e. The normalized spacial score (nSPS) is 11.7. The number of amides is 2. The average molecular weight is 376 g/mol. The first-order chi connectivity index (χ1) is 8.93. The number of hydrogen-bond acceptors (Lipinski definition) is 2. The molecule has 1 aromatic carbocycles. The molecule has 0 saturated carbocycles. The summed E-state index contributed by atoms with van der Waals surface area (Å²) in [5.74, 6) is -1.48. The molecule has 6 heteroatoms. The summed E-state index contributed by atoms with van der Waals surface area (Å²) in [6.07, 6.45) is 0. The predicted molar refractivity (Wildman–Crippen MR) is 82.2 cm³/mol. The summed E-state index contributed by atoms with van der Waals surface area (Å²) < 4.78 is 1.09. The second-order valence-electron chi connectivity index (χ2n) is 4.21. The molecule has 0 heterocycles. The lowest BCUT2D eigenvalue weighted by Gasteiger charge is -2.23. The molecule has 0 saturated heterocycles. The monoisotopic (exact) mass is 376 g/mol. The highest BCUT2D eigenvalue weighted by Gasteiger charge is 2.19. The lowest BCUT2D eigenvalue weighted by Crippen LogP contribution is -2.39. The highest BCUT2D eigenvalue weighted by molar-refractivity contribution is 14.1. The summed E-state index contributed by atoms with van der Waals surface area (Å²) >= 11 is 2.19. The van der Waals surface area contributed by atoms with Crippen molar-refractivity contribution >= 4 is 40.3 Å². The van der Waals surface area contributed by atoms with Gasteiger partial charge in [0.2, 0.25) is 0 Å². The van der Waals surface area contributed by atoms with Gasteiger partial charge < -0.3 is 15.3 Å². The van der Waals surface area contributed by atoms with Gasteiger partial charge in [0, 0.05) is 22.3 Å². The third kappa shape index (κ3) is 5.06. The van der Waals surface area contributed by atoms with Crippen LogP contribution in [0.3, 0.4) is 0 Å². The molecule has 2 amide bonds. The number of carbonyl (C=O) groups excluding carboxylic acids is 1. The van der Waals surface area contributed by atoms with E-state index < -0.39 is 11.9 Å². The van der Waals surface area contributed by atoms with Gasteiger partial charge in [0.1, 0.15) is 0 Å². The van der Waals surface area contributed by atoms with Crippen molar-refractivity contribution in [3.8, 4) is 0 Å². The van der Waals surface area contributed by atoms with Gasteiger partial charge in [-0.25, -0.2) is 4.79 Å². The molecule has 0 spiro atoms. The number of nitrogens with one attached hydrogen (secondary N) is 1. The van der Waals surface area contributed by atoms with Crippen LogP contribution in [0.1, 0.15) is 13.8 Å². The third-order valence-electron chi connectivity index (χ3n) is 2.68. The second-order valence-corrected chi connectivity index (χ2v) is 5.46. The van der Waals surface area contributed by atoms with Crippen LogP contribution in [0.25, 0.3) is 0 Å². The number of benzene rings is 1. The molecule has 1 aromatic rings. The van der Waals surface area contributed by atoms with Crippen LogP contribution in [0.15, 0.2) is 24.3 Å². The number of hydrogen-bond donors (Lipinski definition) is 2. The van der Waals surface area contributed by atoms with Gasteiger partial charge in [-0.2, -0.15) is 0 Å². The van der Waals surface area contributed by atoms with Gasteiger partial charge in [0.15, 0.2) is 0 Å². The number of carboxylic acid groups (broad SMARTS) is 1. The summed E-state index contributed by atoms with van der Waals surface area (Å²) in [7, 11) is 0. The van der Waals surface area contributed by atoms with Gasteiger partial charge in [0.05, 0.1) is 5.92 Å². The van der Waals surface area contributed by atoms with Gasteiger partial charge >= 0.3 is 12.0 Å². The van der Waals surface area contributed by atoms with E-state index in [0.717, 1.165) is 3.57 Å². The lowest BCUT2D eigenvalue weighted by atomic mass is 10.2. The molecular formula is C13H17IN2O3. The molecule has 0 bridgehead atoms. The zero-order chi connectivity index (χ0) is 14.4. The number of carbonyl (C=O) groups is 2. The van der Waals surface area contributed by atoms with E-state index in [1.54, 1.807) is 6.92 Å². The minimum atomic E-state index is -0.902. The van der Waals surface area contributed by atoms with E-state index in [4.69, 9.17) is 5.11 Å². The first kappa shape index (κ1) is 15.7. The van der Waals surface area contributed by atoms with Gasteiger partial charge in [-0.3, -0.25) is 4.79 Å². The Morgan fingerprint density at radius 1 is 1.37 bits per heavy atom. The van der Waals surface area contributed by atoms with Crippen molar-refractivity contribution in [2.75, 3.05) is 18.4 Å². The highest BCUT2D eigenvalue weighted by Crippen LogP contribution is 2.12. The van der Waals surface area contributed by atoms with Crippen molar-refractivity contribution in [1.82, 2.24) is 4.90 Å². The van der Waals surface area contributed by atoms with Crippen molar-refractivity contribution in [3.63, 3.8) is 0 Å². The average Bonchev–Trinajstić information content (AvgIpc) is 2.38. The minimum absolute atomic E-state index is 0.196. The maximum atomic E-state index is 12.0. The molecule has 5 nitrogen and oxygen atoms in total. The zero-order valence-corrected chi connectivity index (χ0v) is 13.0. The molecule has 19 heavy (non-hydrogen) atoms. The number of aliphatic carboxylic acids is 1. The standard InChI is InChI=1S/C13H17IN2O3/c1-3-16(8-9(2)12(17)18)13(19)15-11-6-4-10(14)5-7-11/h4-7,9H,3,8H2,1-2H3,(H,15,19)(H,17,18). The maximum absolute atomic E-state index is 12.0. The fourth-order valence-electron chi connectivity index (χ4n) is 1.50. The molecule has 1 unspecified atom stereocenters. The quantitative estimate of drug-likeness (QED) is 0.777. The Hall–Kier alpha value is -1.31. The minimum Gasteiger partial charge on any atom is -0.481 e. The molecule has 0 aliphatic heterocycles. The van der Waals surface area contributed by atoms with E-state index in [-0.39, 0.29) is 12.6 Å². The number of anilines is 1. The molecule has 0 aliphatic carbocycles. The van der Waals surface area contributed by atoms with Gasteiger partial charge in [-0.15, -0.1) is 0 Å². The number of nitrogens with zero attached hydrogens (tertiary/aromatic N) is 1. The zero-order valence-electron chi connectivity index (χ0n) is 10.9. The predicted octanol–water partition coefficient (Wildman–Crippen LogP) is 2.87. The molecule has 0 fully saturated rings. The molecule has 0 aromatic heterocycles. The lowest BCUT2D eigenvalue weighted by molar-refractivity contribution is -0.141. The molecule has 1 rings (SSSR count). The van der Waals surface area contributed by atoms with Crippen LogP contribution in [0.4, 0.5) is 10.5 Å². The first-order valence-corrected chi connectivity index (χ1v) is 7.06. The highest BCUT2D eigenvalue weighted by atomic mass is 127. The van der Waals surface area contributed by atoms with Gasteiger partial charge in [0.25, 0.3) is 0 Å². The van der Waals surface area contributed by atoms with Crippen LogP contribution >= 0.6 is 22.6 Å². The van der Waals surface area contributed by atoms with E-state index >= 15 is 0 Å². The van der Waals surface area contributed by atoms with Gasteiger partial charge in [-0.05, 0) is 53.8 Å². The van der Waals surface area contributed by atoms with E-state index in [9.17, 15) is 9.59 Å². The van der Waals surface area contributed by atoms with E-state index in [0.29, 0.717) is 12.2 Å². The first-order valence-electron chi connectivity index (χ1n) is 5.98. The Morgan fingerprint density at radius 2 is 1.95 bits per heavy atom. The van der Waals surface area contributed by atoms with E-state index in [2.05, 4.69) is 27.9 Å². The fraction of sp³-hybridized carbons (Fsp3) is 0.385. The molecule has 0 aliphatic rings. The molecular weight excluding hydrogens is 359 g/mol. The number of carboxylic acids is 1. The third-order valence-corrected chi connectivity index (χ3v) is 3.40. The van der Waals surface area contributed by atoms with Crippen molar-refractivity contribution in [2.45, 2.75) is 13.8 Å². The smallest absolute Gasteiger partial charge is 0.321 e. The number of halogens is 1. The molecule has 2 N–H and O–H groups in total. The Bertz CT molecular complexity index is 448. The van der Waals surface area contributed by atoms with Crippen LogP contribution in [0.2, 0.25) is 0 Å². The van der Waals surface area contributed by atoms with Crippen molar-refractivity contribution in [2.24, 2.45) is 5.92 Å². The summed E-state index contributed by atoms with van der Waals surface area (Å²) in [4.78, 5) is 24.3. The van der Waals surface area contributed by atoms with Crippen LogP contribution < -0.4 is 5.32 Å². The molecule has 0 radical (unpaired) electrons. The number of rotatable bonds is 5. The van der Waals surface area contributed by atoms with E-state index in [1.165, 1.54) is 4.90 Å². The van der Waals surface area contributed by atoms with Crippen LogP contribution in [0, 0.1) is 9.49 Å². The molecule has 104 valence electrons. The summed E-state index contributed by atoms with van der Waals surface area (Å²) in [6, 6.07) is 7.14. The van der Waals surface area contributed by atoms with E-state index in [1.807, 2.05) is 31.2 Å². The van der Waals surface area contributed by atoms with Crippen LogP contribution in [-0.4, -0.2) is 35.1 Å². The second kappa shape index (κ2) is 7.32. The fourth-order valence-corrected chi connectivity index (χ4v) is 1.86. The van der Waals surface area contributed by atoms with Crippen molar-refractivity contribution in [1.29, 1.82) is 0 Å². The summed E-state index contributed by atoms with van der Waals surface area (Å²) in [5.41, 5.74) is 0.701. The number of urea groups is 1. The topological polar surface area (TPSA) is 69.6 Å². The Kier molecular flexibility index (Phi) is 6.07. The Balaban J connectivity index is 2.63. The van der Waals surface area contributed by atoms with Crippen molar-refractivity contribution in [3.05, 3.63) is 27.8 Å². The Labute approximate surface area is 126 Å². The molecule has 1 atom stereocenters. The van der Waals surface area contributed by atoms with Crippen LogP contribution in [0.5, 0.6) is 0 Å². The SMILES string of the molecule is CCN(CC(C)C(=O)O)C(=O)Nc1ccc(I)cc1. The Morgan fingerprint density at radius 3 is 2.42 bits per heavy atom. The van der Waals surface area contributed by atoms with Crippen molar-refractivity contribution < 1.29 is 14.7 Å². The largest absolute Gasteiger partial charge is 0.481 e. The van der Waals surface area contributed by atoms with Gasteiger partial charge in [-0.1, -0.05) is 6.92 Å². The summed E-state index contributed by atoms with van der Waals surface area (Å²) in [5, 5.41) is 11.6.